The summed E-state index contributed by atoms with van der Waals surface area (Å²) in [6, 6.07) is 0.248. The molecule has 2 nitrogen and oxygen atoms in total. The van der Waals surface area contributed by atoms with Crippen LogP contribution in [0.3, 0.4) is 0 Å². The van der Waals surface area contributed by atoms with Crippen LogP contribution in [0.2, 0.25) is 0 Å². The monoisotopic (exact) mass is 335 g/mol. The molecule has 2 N–H and O–H groups in total. The smallest absolute Gasteiger partial charge is 0.391 e. The van der Waals surface area contributed by atoms with Crippen molar-refractivity contribution in [2.45, 2.75) is 18.6 Å². The molecule has 80 valence electrons. The number of nitrogens with two attached hydrogens (primary N) is 1. The minimum Gasteiger partial charge on any atom is -0.451 e. The molecule has 0 amide bonds. The minimum absolute atomic E-state index is 0.0982. The topological polar surface area (TPSA) is 39.2 Å². The molecule has 1 heterocycles. The molecule has 0 aromatic carbocycles. The summed E-state index contributed by atoms with van der Waals surface area (Å²) in [4.78, 5) is 0. The van der Waals surface area contributed by atoms with Gasteiger partial charge in [0.1, 0.15) is 5.76 Å². The Hall–Kier alpha value is -0.0100. The van der Waals surface area contributed by atoms with Crippen molar-refractivity contribution in [3.63, 3.8) is 0 Å². The van der Waals surface area contributed by atoms with Crippen molar-refractivity contribution >= 4 is 31.9 Å². The maximum atomic E-state index is 12.0. The van der Waals surface area contributed by atoms with E-state index < -0.39 is 18.6 Å². The van der Waals surface area contributed by atoms with E-state index in [9.17, 15) is 13.2 Å². The van der Waals surface area contributed by atoms with Crippen LogP contribution >= 0.6 is 31.9 Å². The van der Waals surface area contributed by atoms with Gasteiger partial charge in [-0.1, -0.05) is 0 Å². The highest BCUT2D eigenvalue weighted by molar-refractivity contribution is 9.13. The molecule has 0 bridgehead atoms. The lowest BCUT2D eigenvalue weighted by atomic mass is 10.2. The first-order chi connectivity index (χ1) is 6.29. The molecular weight excluding hydrogens is 331 g/mol. The summed E-state index contributed by atoms with van der Waals surface area (Å²) in [7, 11) is 0. The fourth-order valence-electron chi connectivity index (χ4n) is 0.896. The minimum atomic E-state index is -4.29. The highest BCUT2D eigenvalue weighted by Crippen LogP contribution is 2.33. The van der Waals surface area contributed by atoms with Crippen molar-refractivity contribution in [2.24, 2.45) is 5.73 Å². The quantitative estimate of drug-likeness (QED) is 0.893. The van der Waals surface area contributed by atoms with Crippen molar-refractivity contribution in [2.75, 3.05) is 0 Å². The number of rotatable bonds is 2. The van der Waals surface area contributed by atoms with E-state index in [4.69, 9.17) is 10.2 Å². The Balaban J connectivity index is 2.75. The van der Waals surface area contributed by atoms with Crippen LogP contribution in [0.15, 0.2) is 19.6 Å². The molecule has 0 spiro atoms. The van der Waals surface area contributed by atoms with Gasteiger partial charge in [-0.05, 0) is 37.9 Å². The predicted octanol–water partition coefficient (Wildman–Crippen LogP) is 3.76. The predicted molar refractivity (Wildman–Crippen MR) is 51.7 cm³/mol. The molecule has 7 heteroatoms. The number of hydrogen-bond donors (Lipinski definition) is 1. The van der Waals surface area contributed by atoms with Crippen LogP contribution in [-0.2, 0) is 0 Å². The standard InChI is InChI=1S/C7H6Br2F3NO/c8-3-1-5(14-6(3)9)4(13)2-7(10,11)12/h1,4H,2,13H2/t4-/m0/s1. The van der Waals surface area contributed by atoms with E-state index in [2.05, 4.69) is 31.9 Å². The Kier molecular flexibility index (Phi) is 3.65. The van der Waals surface area contributed by atoms with Gasteiger partial charge < -0.3 is 10.2 Å². The van der Waals surface area contributed by atoms with Crippen molar-refractivity contribution in [3.05, 3.63) is 21.0 Å². The first kappa shape index (κ1) is 12.1. The van der Waals surface area contributed by atoms with Gasteiger partial charge in [0.15, 0.2) is 4.67 Å². The molecule has 0 unspecified atom stereocenters. The van der Waals surface area contributed by atoms with E-state index in [-0.39, 0.29) is 5.76 Å². The molecule has 0 fully saturated rings. The maximum absolute atomic E-state index is 12.0. The van der Waals surface area contributed by atoms with Gasteiger partial charge in [0.2, 0.25) is 0 Å². The van der Waals surface area contributed by atoms with E-state index in [1.807, 2.05) is 0 Å². The Morgan fingerprint density at radius 3 is 2.36 bits per heavy atom. The first-order valence-electron chi connectivity index (χ1n) is 3.56. The van der Waals surface area contributed by atoms with Crippen molar-refractivity contribution in [3.8, 4) is 0 Å². The molecule has 0 saturated heterocycles. The summed E-state index contributed by atoms with van der Waals surface area (Å²) in [5.74, 6) is 0.0982. The molecule has 1 aromatic heterocycles. The van der Waals surface area contributed by atoms with E-state index in [0.717, 1.165) is 0 Å². The molecule has 14 heavy (non-hydrogen) atoms. The Morgan fingerprint density at radius 2 is 2.00 bits per heavy atom. The SMILES string of the molecule is N[C@@H](CC(F)(F)F)c1cc(Br)c(Br)o1. The van der Waals surface area contributed by atoms with Gasteiger partial charge in [-0.3, -0.25) is 0 Å². The second kappa shape index (κ2) is 4.24. The maximum Gasteiger partial charge on any atom is 0.391 e. The highest BCUT2D eigenvalue weighted by atomic mass is 79.9. The lowest BCUT2D eigenvalue weighted by molar-refractivity contribution is -0.139. The lowest BCUT2D eigenvalue weighted by Crippen LogP contribution is -2.19. The summed E-state index contributed by atoms with van der Waals surface area (Å²) in [5, 5.41) is 0. The zero-order valence-electron chi connectivity index (χ0n) is 6.74. The fraction of sp³-hybridized carbons (Fsp3) is 0.429. The highest BCUT2D eigenvalue weighted by Gasteiger charge is 2.32. The Labute approximate surface area is 94.9 Å². The van der Waals surface area contributed by atoms with Crippen molar-refractivity contribution in [1.82, 2.24) is 0 Å². The zero-order valence-corrected chi connectivity index (χ0v) is 9.91. The van der Waals surface area contributed by atoms with Crippen LogP contribution in [0.25, 0.3) is 0 Å². The van der Waals surface area contributed by atoms with Gasteiger partial charge in [-0.15, -0.1) is 0 Å². The van der Waals surface area contributed by atoms with Crippen molar-refractivity contribution < 1.29 is 17.6 Å². The van der Waals surface area contributed by atoms with Gasteiger partial charge in [-0.25, -0.2) is 0 Å². The van der Waals surface area contributed by atoms with Gasteiger partial charge in [0.05, 0.1) is 16.9 Å². The number of furan rings is 1. The summed E-state index contributed by atoms with van der Waals surface area (Å²) in [5.41, 5.74) is 5.31. The number of alkyl halides is 3. The van der Waals surface area contributed by atoms with E-state index in [1.54, 1.807) is 0 Å². The molecule has 0 aliphatic carbocycles. The van der Waals surface area contributed by atoms with Crippen LogP contribution in [0.4, 0.5) is 13.2 Å². The van der Waals surface area contributed by atoms with Gasteiger partial charge >= 0.3 is 6.18 Å². The molecule has 0 saturated carbocycles. The van der Waals surface area contributed by atoms with E-state index in [1.165, 1.54) is 6.07 Å². The molecule has 0 aliphatic rings. The van der Waals surface area contributed by atoms with Gasteiger partial charge in [0, 0.05) is 0 Å². The number of halogens is 5. The summed E-state index contributed by atoms with van der Waals surface area (Å²) in [6.45, 7) is 0. The van der Waals surface area contributed by atoms with Crippen molar-refractivity contribution in [1.29, 1.82) is 0 Å². The molecule has 1 aromatic rings. The second-order valence-electron chi connectivity index (χ2n) is 2.70. The van der Waals surface area contributed by atoms with Crippen LogP contribution in [0.1, 0.15) is 18.2 Å². The molecule has 0 radical (unpaired) electrons. The molecule has 0 aliphatic heterocycles. The van der Waals surface area contributed by atoms with Crippen LogP contribution in [0, 0.1) is 0 Å². The van der Waals surface area contributed by atoms with E-state index >= 15 is 0 Å². The molecule has 1 rings (SSSR count). The third kappa shape index (κ3) is 3.29. The summed E-state index contributed by atoms with van der Waals surface area (Å²) in [6.07, 6.45) is -5.38. The fourth-order valence-corrected chi connectivity index (χ4v) is 1.50. The lowest BCUT2D eigenvalue weighted by Gasteiger charge is -2.10. The average molecular weight is 337 g/mol. The second-order valence-corrected chi connectivity index (χ2v) is 4.27. The van der Waals surface area contributed by atoms with Gasteiger partial charge in [0.25, 0.3) is 0 Å². The average Bonchev–Trinajstić information content (AvgIpc) is 2.28. The largest absolute Gasteiger partial charge is 0.451 e. The number of hydrogen-bond acceptors (Lipinski definition) is 2. The first-order valence-corrected chi connectivity index (χ1v) is 5.15. The molecule has 1 atom stereocenters. The van der Waals surface area contributed by atoms with Crippen LogP contribution in [-0.4, -0.2) is 6.18 Å². The Morgan fingerprint density at radius 1 is 1.43 bits per heavy atom. The summed E-state index contributed by atoms with van der Waals surface area (Å²) < 4.78 is 41.7. The summed E-state index contributed by atoms with van der Waals surface area (Å²) >= 11 is 6.10. The Bertz CT molecular complexity index is 304. The van der Waals surface area contributed by atoms with E-state index in [0.29, 0.717) is 9.14 Å². The zero-order chi connectivity index (χ0) is 10.9. The molecular formula is C7H6Br2F3NO. The third-order valence-electron chi connectivity index (χ3n) is 1.48. The van der Waals surface area contributed by atoms with Gasteiger partial charge in [-0.2, -0.15) is 13.2 Å². The normalized spacial score (nSPS) is 14.4. The van der Waals surface area contributed by atoms with Crippen LogP contribution < -0.4 is 5.73 Å². The van der Waals surface area contributed by atoms with Crippen LogP contribution in [0.5, 0.6) is 0 Å². The third-order valence-corrected chi connectivity index (χ3v) is 3.19.